The zero-order valence-corrected chi connectivity index (χ0v) is 10.2. The molecule has 1 heterocycles. The van der Waals surface area contributed by atoms with Gasteiger partial charge in [0, 0.05) is 11.6 Å². The Hall–Kier alpha value is -2.20. The van der Waals surface area contributed by atoms with Crippen molar-refractivity contribution in [3.05, 3.63) is 64.0 Å². The van der Waals surface area contributed by atoms with E-state index in [1.54, 1.807) is 11.4 Å². The molecule has 0 saturated carbocycles. The molecule has 0 bridgehead atoms. The zero-order chi connectivity index (χ0) is 12.5. The normalized spacial score (nSPS) is 10.7. The molecule has 18 heavy (non-hydrogen) atoms. The van der Waals surface area contributed by atoms with Gasteiger partial charge in [-0.2, -0.15) is 0 Å². The summed E-state index contributed by atoms with van der Waals surface area (Å²) in [6.07, 6.45) is 0. The number of hydrogen-bond donors (Lipinski definition) is 0. The molecule has 0 spiro atoms. The zero-order valence-electron chi connectivity index (χ0n) is 9.37. The van der Waals surface area contributed by atoms with Crippen LogP contribution in [0.25, 0.3) is 21.2 Å². The average Bonchev–Trinajstić information content (AvgIpc) is 2.87. The Morgan fingerprint density at radius 1 is 1.00 bits per heavy atom. The van der Waals surface area contributed by atoms with Gasteiger partial charge in [-0.05, 0) is 16.2 Å². The lowest BCUT2D eigenvalue weighted by Gasteiger charge is -2.04. The Morgan fingerprint density at radius 2 is 1.78 bits per heavy atom. The molecule has 2 aromatic carbocycles. The summed E-state index contributed by atoms with van der Waals surface area (Å²) < 4.78 is 0. The van der Waals surface area contributed by atoms with E-state index in [0.717, 1.165) is 21.2 Å². The summed E-state index contributed by atoms with van der Waals surface area (Å²) in [7, 11) is 0. The first-order chi connectivity index (χ1) is 8.77. The van der Waals surface area contributed by atoms with Crippen molar-refractivity contribution in [2.75, 3.05) is 0 Å². The Balaban J connectivity index is 2.32. The molecule has 3 rings (SSSR count). The fourth-order valence-electron chi connectivity index (χ4n) is 2.07. The van der Waals surface area contributed by atoms with Crippen LogP contribution in [0.15, 0.2) is 53.9 Å². The van der Waals surface area contributed by atoms with E-state index >= 15 is 0 Å². The number of thiophene rings is 1. The van der Waals surface area contributed by atoms with Crippen molar-refractivity contribution in [3.63, 3.8) is 0 Å². The maximum Gasteiger partial charge on any atom is 0.287 e. The van der Waals surface area contributed by atoms with Gasteiger partial charge in [0.1, 0.15) is 4.88 Å². The van der Waals surface area contributed by atoms with E-state index < -0.39 is 0 Å². The molecule has 0 aliphatic carbocycles. The molecule has 88 valence electrons. The van der Waals surface area contributed by atoms with Crippen LogP contribution in [0.1, 0.15) is 0 Å². The lowest BCUT2D eigenvalue weighted by atomic mass is 10.0. The third-order valence-electron chi connectivity index (χ3n) is 2.88. The first-order valence-corrected chi connectivity index (χ1v) is 6.35. The van der Waals surface area contributed by atoms with Gasteiger partial charge >= 0.3 is 0 Å². The lowest BCUT2D eigenvalue weighted by Crippen LogP contribution is -1.88. The first kappa shape index (κ1) is 10.9. The van der Waals surface area contributed by atoms with Crippen LogP contribution in [-0.4, -0.2) is 4.92 Å². The van der Waals surface area contributed by atoms with Gasteiger partial charge < -0.3 is 0 Å². The Bertz CT molecular complexity index is 728. The van der Waals surface area contributed by atoms with Crippen molar-refractivity contribution in [1.29, 1.82) is 0 Å². The van der Waals surface area contributed by atoms with E-state index in [4.69, 9.17) is 0 Å². The molecule has 0 fully saturated rings. The number of rotatable bonds is 2. The van der Waals surface area contributed by atoms with Crippen LogP contribution in [0.5, 0.6) is 0 Å². The molecule has 0 aliphatic heterocycles. The van der Waals surface area contributed by atoms with Crippen LogP contribution < -0.4 is 0 Å². The van der Waals surface area contributed by atoms with Gasteiger partial charge in [0.2, 0.25) is 0 Å². The van der Waals surface area contributed by atoms with Crippen LogP contribution >= 0.6 is 11.3 Å². The quantitative estimate of drug-likeness (QED) is 0.500. The molecule has 1 aromatic heterocycles. The molecule has 0 aliphatic rings. The number of nitro groups is 1. The third kappa shape index (κ3) is 1.67. The standard InChI is InChI=1S/C14H9NO2S/c16-15(17)13-8-9-18-14(13)12-7-3-5-10-4-1-2-6-11(10)12/h1-9H. The SMILES string of the molecule is O=[N+]([O-])c1ccsc1-c1cccc2ccccc12. The van der Waals surface area contributed by atoms with Crippen molar-refractivity contribution in [1.82, 2.24) is 0 Å². The van der Waals surface area contributed by atoms with Crippen LogP contribution in [0.4, 0.5) is 5.69 Å². The van der Waals surface area contributed by atoms with Gasteiger partial charge in [-0.15, -0.1) is 11.3 Å². The molecule has 0 radical (unpaired) electrons. The summed E-state index contributed by atoms with van der Waals surface area (Å²) in [6, 6.07) is 15.4. The minimum Gasteiger partial charge on any atom is -0.258 e. The third-order valence-corrected chi connectivity index (χ3v) is 3.81. The highest BCUT2D eigenvalue weighted by Gasteiger charge is 2.18. The average molecular weight is 255 g/mol. The topological polar surface area (TPSA) is 43.1 Å². The minimum absolute atomic E-state index is 0.177. The van der Waals surface area contributed by atoms with Gasteiger partial charge in [0.15, 0.2) is 0 Å². The second-order valence-electron chi connectivity index (χ2n) is 3.92. The molecule has 0 atom stereocenters. The van der Waals surface area contributed by atoms with E-state index in [1.807, 2.05) is 42.5 Å². The van der Waals surface area contributed by atoms with Crippen LogP contribution in [0.3, 0.4) is 0 Å². The Morgan fingerprint density at radius 3 is 2.61 bits per heavy atom. The van der Waals surface area contributed by atoms with E-state index in [-0.39, 0.29) is 10.6 Å². The highest BCUT2D eigenvalue weighted by molar-refractivity contribution is 7.14. The predicted octanol–water partition coefficient (Wildman–Crippen LogP) is 4.48. The van der Waals surface area contributed by atoms with Gasteiger partial charge in [-0.25, -0.2) is 0 Å². The van der Waals surface area contributed by atoms with Crippen LogP contribution in [-0.2, 0) is 0 Å². The maximum absolute atomic E-state index is 11.0. The van der Waals surface area contributed by atoms with Crippen molar-refractivity contribution >= 4 is 27.8 Å². The van der Waals surface area contributed by atoms with Crippen molar-refractivity contribution in [2.45, 2.75) is 0 Å². The lowest BCUT2D eigenvalue weighted by molar-refractivity contribution is -0.383. The smallest absolute Gasteiger partial charge is 0.258 e. The molecule has 3 nitrogen and oxygen atoms in total. The minimum atomic E-state index is -0.326. The van der Waals surface area contributed by atoms with Crippen LogP contribution in [0, 0.1) is 10.1 Å². The summed E-state index contributed by atoms with van der Waals surface area (Å²) in [5, 5.41) is 14.9. The van der Waals surface area contributed by atoms with E-state index in [1.165, 1.54) is 11.3 Å². The number of nitrogens with zero attached hydrogens (tertiary/aromatic N) is 1. The number of hydrogen-bond acceptors (Lipinski definition) is 3. The summed E-state index contributed by atoms with van der Waals surface area (Å²) in [5.41, 5.74) is 1.10. The summed E-state index contributed by atoms with van der Waals surface area (Å²) in [5.74, 6) is 0. The van der Waals surface area contributed by atoms with E-state index in [0.29, 0.717) is 0 Å². The first-order valence-electron chi connectivity index (χ1n) is 5.47. The van der Waals surface area contributed by atoms with E-state index in [9.17, 15) is 10.1 Å². The van der Waals surface area contributed by atoms with Gasteiger partial charge in [0.05, 0.1) is 4.92 Å². The summed E-state index contributed by atoms with van der Waals surface area (Å²) >= 11 is 1.40. The molecule has 0 N–H and O–H groups in total. The van der Waals surface area contributed by atoms with Gasteiger partial charge in [0.25, 0.3) is 5.69 Å². The number of fused-ring (bicyclic) bond motifs is 1. The maximum atomic E-state index is 11.0. The highest BCUT2D eigenvalue weighted by atomic mass is 32.1. The molecule has 4 heteroatoms. The monoisotopic (exact) mass is 255 g/mol. The fraction of sp³-hybridized carbons (Fsp3) is 0. The summed E-state index contributed by atoms with van der Waals surface area (Å²) in [6.45, 7) is 0. The largest absolute Gasteiger partial charge is 0.287 e. The van der Waals surface area contributed by atoms with Crippen molar-refractivity contribution in [3.8, 4) is 10.4 Å². The summed E-state index contributed by atoms with van der Waals surface area (Å²) in [4.78, 5) is 11.4. The van der Waals surface area contributed by atoms with Crippen molar-refractivity contribution < 1.29 is 4.92 Å². The Kier molecular flexibility index (Phi) is 2.57. The molecule has 0 unspecified atom stereocenters. The molecule has 0 saturated heterocycles. The predicted molar refractivity (Wildman–Crippen MR) is 73.9 cm³/mol. The van der Waals surface area contributed by atoms with Crippen LogP contribution in [0.2, 0.25) is 0 Å². The Labute approximate surface area is 107 Å². The second-order valence-corrected chi connectivity index (χ2v) is 4.83. The van der Waals surface area contributed by atoms with Gasteiger partial charge in [-0.3, -0.25) is 10.1 Å². The highest BCUT2D eigenvalue weighted by Crippen LogP contribution is 2.38. The molecule has 0 amide bonds. The number of benzene rings is 2. The molecular weight excluding hydrogens is 246 g/mol. The van der Waals surface area contributed by atoms with E-state index in [2.05, 4.69) is 0 Å². The van der Waals surface area contributed by atoms with Gasteiger partial charge in [-0.1, -0.05) is 42.5 Å². The second kappa shape index (κ2) is 4.23. The fourth-order valence-corrected chi connectivity index (χ4v) is 2.97. The van der Waals surface area contributed by atoms with Crippen molar-refractivity contribution in [2.24, 2.45) is 0 Å². The molecular formula is C14H9NO2S. The molecule has 3 aromatic rings.